The van der Waals surface area contributed by atoms with Gasteiger partial charge in [0.1, 0.15) is 5.75 Å². The smallest absolute Gasteiger partial charge is 0.262 e. The van der Waals surface area contributed by atoms with Gasteiger partial charge in [-0.3, -0.25) is 9.59 Å². The van der Waals surface area contributed by atoms with Crippen molar-refractivity contribution in [3.8, 4) is 28.6 Å². The van der Waals surface area contributed by atoms with Crippen LogP contribution in [0.3, 0.4) is 0 Å². The van der Waals surface area contributed by atoms with Crippen LogP contribution in [0.2, 0.25) is 0 Å². The highest BCUT2D eigenvalue weighted by Gasteiger charge is 2.16. The van der Waals surface area contributed by atoms with Gasteiger partial charge in [-0.05, 0) is 48.9 Å². The Morgan fingerprint density at radius 2 is 1.52 bits per heavy atom. The topological polar surface area (TPSA) is 106 Å². The van der Waals surface area contributed by atoms with E-state index in [1.54, 1.807) is 42.5 Å². The number of hydrogen-bond donors (Lipinski definition) is 2. The fourth-order valence-electron chi connectivity index (χ4n) is 3.22. The average Bonchev–Trinajstić information content (AvgIpc) is 3.29. The van der Waals surface area contributed by atoms with Gasteiger partial charge in [-0.15, -0.1) is 0 Å². The summed E-state index contributed by atoms with van der Waals surface area (Å²) >= 11 is 0. The van der Waals surface area contributed by atoms with Crippen molar-refractivity contribution in [2.75, 3.05) is 17.2 Å². The standard InChI is InChI=1S/C25H22N4O4/c1-16-7-3-4-8-20(16)24-28-25(33-29-24)21-9-5-6-10-22(21)32-15-23(31)27-19-13-11-18(12-14-19)26-17(2)30/h3-14H,15H2,1-2H3,(H,26,30)(H,27,31). The molecule has 0 fully saturated rings. The first-order chi connectivity index (χ1) is 16.0. The molecule has 4 rings (SSSR count). The van der Waals surface area contributed by atoms with Crippen molar-refractivity contribution < 1.29 is 18.8 Å². The summed E-state index contributed by atoms with van der Waals surface area (Å²) < 4.78 is 11.2. The molecule has 0 radical (unpaired) electrons. The highest BCUT2D eigenvalue weighted by molar-refractivity contribution is 5.93. The molecule has 0 bridgehead atoms. The molecule has 0 unspecified atom stereocenters. The number of aryl methyl sites for hydroxylation is 1. The number of ether oxygens (including phenoxy) is 1. The van der Waals surface area contributed by atoms with E-state index >= 15 is 0 Å². The third kappa shape index (κ3) is 5.43. The van der Waals surface area contributed by atoms with Crippen LogP contribution in [0.4, 0.5) is 11.4 Å². The molecule has 2 N–H and O–H groups in total. The minimum atomic E-state index is -0.330. The minimum absolute atomic E-state index is 0.161. The summed E-state index contributed by atoms with van der Waals surface area (Å²) in [5, 5.41) is 9.52. The maximum Gasteiger partial charge on any atom is 0.262 e. The van der Waals surface area contributed by atoms with E-state index in [1.807, 2.05) is 37.3 Å². The van der Waals surface area contributed by atoms with E-state index in [9.17, 15) is 9.59 Å². The third-order valence-corrected chi connectivity index (χ3v) is 4.78. The lowest BCUT2D eigenvalue weighted by Gasteiger charge is -2.10. The second-order valence-electron chi connectivity index (χ2n) is 7.33. The lowest BCUT2D eigenvalue weighted by Crippen LogP contribution is -2.20. The lowest BCUT2D eigenvalue weighted by molar-refractivity contribution is -0.118. The molecular formula is C25H22N4O4. The van der Waals surface area contributed by atoms with E-state index in [0.717, 1.165) is 11.1 Å². The molecule has 3 aromatic carbocycles. The molecule has 166 valence electrons. The second kappa shape index (κ2) is 9.78. The summed E-state index contributed by atoms with van der Waals surface area (Å²) in [7, 11) is 0. The fourth-order valence-corrected chi connectivity index (χ4v) is 3.22. The second-order valence-corrected chi connectivity index (χ2v) is 7.33. The first-order valence-corrected chi connectivity index (χ1v) is 10.3. The van der Waals surface area contributed by atoms with Gasteiger partial charge in [0, 0.05) is 23.9 Å². The number of rotatable bonds is 7. The molecule has 0 aliphatic rings. The monoisotopic (exact) mass is 442 g/mol. The van der Waals surface area contributed by atoms with Crippen LogP contribution in [0.25, 0.3) is 22.8 Å². The van der Waals surface area contributed by atoms with Crippen molar-refractivity contribution in [1.29, 1.82) is 0 Å². The maximum absolute atomic E-state index is 12.4. The van der Waals surface area contributed by atoms with Crippen LogP contribution in [-0.4, -0.2) is 28.6 Å². The number of carbonyl (C=O) groups excluding carboxylic acids is 2. The van der Waals surface area contributed by atoms with Gasteiger partial charge in [-0.2, -0.15) is 4.98 Å². The molecule has 0 aliphatic heterocycles. The lowest BCUT2D eigenvalue weighted by atomic mass is 10.1. The van der Waals surface area contributed by atoms with Gasteiger partial charge >= 0.3 is 0 Å². The predicted molar refractivity (Wildman–Crippen MR) is 125 cm³/mol. The number of carbonyl (C=O) groups is 2. The Bertz CT molecular complexity index is 1280. The molecule has 1 aromatic heterocycles. The zero-order chi connectivity index (χ0) is 23.2. The molecule has 0 spiro atoms. The van der Waals surface area contributed by atoms with Crippen LogP contribution < -0.4 is 15.4 Å². The minimum Gasteiger partial charge on any atom is -0.483 e. The zero-order valence-electron chi connectivity index (χ0n) is 18.2. The number of anilines is 2. The van der Waals surface area contributed by atoms with Crippen LogP contribution in [-0.2, 0) is 9.59 Å². The Morgan fingerprint density at radius 1 is 0.879 bits per heavy atom. The zero-order valence-corrected chi connectivity index (χ0v) is 18.2. The van der Waals surface area contributed by atoms with Crippen molar-refractivity contribution in [3.05, 3.63) is 78.4 Å². The molecule has 33 heavy (non-hydrogen) atoms. The number of hydrogen-bond acceptors (Lipinski definition) is 6. The number of aromatic nitrogens is 2. The highest BCUT2D eigenvalue weighted by atomic mass is 16.5. The molecule has 0 atom stereocenters. The summed E-state index contributed by atoms with van der Waals surface area (Å²) in [5.74, 6) is 0.749. The number of nitrogens with one attached hydrogen (secondary N) is 2. The molecule has 0 saturated carbocycles. The molecule has 2 amide bonds. The molecule has 1 heterocycles. The first kappa shape index (κ1) is 21.8. The van der Waals surface area contributed by atoms with Crippen molar-refractivity contribution in [2.24, 2.45) is 0 Å². The number of nitrogens with zero attached hydrogens (tertiary/aromatic N) is 2. The first-order valence-electron chi connectivity index (χ1n) is 10.3. The summed E-state index contributed by atoms with van der Waals surface area (Å²) in [6.07, 6.45) is 0. The Balaban J connectivity index is 1.43. The summed E-state index contributed by atoms with van der Waals surface area (Å²) in [5.41, 5.74) is 3.75. The van der Waals surface area contributed by atoms with Crippen LogP contribution in [0.15, 0.2) is 77.3 Å². The van der Waals surface area contributed by atoms with Gasteiger partial charge in [0.05, 0.1) is 5.56 Å². The van der Waals surface area contributed by atoms with E-state index in [-0.39, 0.29) is 18.4 Å². The number of benzene rings is 3. The molecule has 8 heteroatoms. The van der Waals surface area contributed by atoms with Gasteiger partial charge in [0.2, 0.25) is 11.7 Å². The van der Waals surface area contributed by atoms with Crippen molar-refractivity contribution >= 4 is 23.2 Å². The van der Waals surface area contributed by atoms with Gasteiger partial charge in [-0.25, -0.2) is 0 Å². The Labute approximate surface area is 190 Å². The Kier molecular flexibility index (Phi) is 6.45. The van der Waals surface area contributed by atoms with Crippen molar-refractivity contribution in [2.45, 2.75) is 13.8 Å². The van der Waals surface area contributed by atoms with Crippen LogP contribution in [0.1, 0.15) is 12.5 Å². The van der Waals surface area contributed by atoms with Crippen molar-refractivity contribution in [3.63, 3.8) is 0 Å². The van der Waals surface area contributed by atoms with E-state index in [0.29, 0.717) is 34.4 Å². The van der Waals surface area contributed by atoms with Crippen LogP contribution in [0, 0.1) is 6.92 Å². The van der Waals surface area contributed by atoms with Gasteiger partial charge in [-0.1, -0.05) is 41.6 Å². The number of amides is 2. The van der Waals surface area contributed by atoms with Gasteiger partial charge in [0.25, 0.3) is 11.8 Å². The summed E-state index contributed by atoms with van der Waals surface area (Å²) in [4.78, 5) is 28.0. The summed E-state index contributed by atoms with van der Waals surface area (Å²) in [6, 6.07) is 21.7. The highest BCUT2D eigenvalue weighted by Crippen LogP contribution is 2.30. The third-order valence-electron chi connectivity index (χ3n) is 4.78. The molecular weight excluding hydrogens is 420 g/mol. The predicted octanol–water partition coefficient (Wildman–Crippen LogP) is 4.69. The fraction of sp³-hybridized carbons (Fsp3) is 0.120. The normalized spacial score (nSPS) is 10.5. The van der Waals surface area contributed by atoms with E-state index in [4.69, 9.17) is 9.26 Å². The Morgan fingerprint density at radius 3 is 2.21 bits per heavy atom. The summed E-state index contributed by atoms with van der Waals surface area (Å²) in [6.45, 7) is 3.21. The van der Waals surface area contributed by atoms with Gasteiger partial charge in [0.15, 0.2) is 6.61 Å². The molecule has 8 nitrogen and oxygen atoms in total. The van der Waals surface area contributed by atoms with E-state index < -0.39 is 0 Å². The molecule has 4 aromatic rings. The van der Waals surface area contributed by atoms with E-state index in [1.165, 1.54) is 6.92 Å². The van der Waals surface area contributed by atoms with Crippen LogP contribution in [0.5, 0.6) is 5.75 Å². The maximum atomic E-state index is 12.4. The largest absolute Gasteiger partial charge is 0.483 e. The van der Waals surface area contributed by atoms with Gasteiger partial charge < -0.3 is 19.9 Å². The number of para-hydroxylation sites is 1. The van der Waals surface area contributed by atoms with Crippen molar-refractivity contribution in [1.82, 2.24) is 10.1 Å². The van der Waals surface area contributed by atoms with E-state index in [2.05, 4.69) is 20.8 Å². The molecule has 0 aliphatic carbocycles. The quantitative estimate of drug-likeness (QED) is 0.430. The average molecular weight is 442 g/mol. The molecule has 0 saturated heterocycles. The SMILES string of the molecule is CC(=O)Nc1ccc(NC(=O)COc2ccccc2-c2nc(-c3ccccc3C)no2)cc1. The van der Waals surface area contributed by atoms with Crippen LogP contribution >= 0.6 is 0 Å². The Hall–Kier alpha value is -4.46.